The number of para-hydroxylation sites is 1. The quantitative estimate of drug-likeness (QED) is 0.257. The number of aryl methyl sites for hydroxylation is 2. The highest BCUT2D eigenvalue weighted by Gasteiger charge is 2.24. The number of anilines is 2. The maximum atomic E-state index is 12.9. The van der Waals surface area contributed by atoms with E-state index in [4.69, 9.17) is 16.1 Å². The first-order valence-electron chi connectivity index (χ1n) is 9.76. The van der Waals surface area contributed by atoms with E-state index in [9.17, 15) is 9.59 Å². The summed E-state index contributed by atoms with van der Waals surface area (Å²) in [5.41, 5.74) is 2.96. The number of aromatic nitrogens is 3. The SMILES string of the molecule is Cc1ccccc1NC(=O)CSc1nnc(NC(=O)c2c(-c3ccccc3Cl)noc2C)s1. The summed E-state index contributed by atoms with van der Waals surface area (Å²) in [6.45, 7) is 3.58. The van der Waals surface area contributed by atoms with Gasteiger partial charge < -0.3 is 9.84 Å². The van der Waals surface area contributed by atoms with E-state index < -0.39 is 5.91 Å². The minimum Gasteiger partial charge on any atom is -0.360 e. The molecule has 2 aromatic carbocycles. The first-order valence-corrected chi connectivity index (χ1v) is 11.9. The Balaban J connectivity index is 1.40. The van der Waals surface area contributed by atoms with Crippen molar-refractivity contribution in [2.45, 2.75) is 18.2 Å². The number of hydrogen-bond acceptors (Lipinski definition) is 8. The number of nitrogens with one attached hydrogen (secondary N) is 2. The number of carbonyl (C=O) groups is 2. The zero-order valence-electron chi connectivity index (χ0n) is 17.6. The van der Waals surface area contributed by atoms with Gasteiger partial charge in [-0.15, -0.1) is 10.2 Å². The summed E-state index contributed by atoms with van der Waals surface area (Å²) in [5, 5.41) is 18.4. The lowest BCUT2D eigenvalue weighted by Gasteiger charge is -2.06. The van der Waals surface area contributed by atoms with Crippen molar-refractivity contribution < 1.29 is 14.1 Å². The smallest absolute Gasteiger partial charge is 0.263 e. The number of hydrogen-bond donors (Lipinski definition) is 2. The van der Waals surface area contributed by atoms with Gasteiger partial charge in [-0.2, -0.15) is 0 Å². The van der Waals surface area contributed by atoms with Gasteiger partial charge in [-0.1, -0.05) is 76.3 Å². The Morgan fingerprint density at radius 2 is 1.82 bits per heavy atom. The molecular formula is C22H18ClN5O3S2. The van der Waals surface area contributed by atoms with Crippen LogP contribution in [-0.4, -0.2) is 32.9 Å². The fourth-order valence-corrected chi connectivity index (χ4v) is 4.75. The summed E-state index contributed by atoms with van der Waals surface area (Å²) in [6.07, 6.45) is 0. The first kappa shape index (κ1) is 23.0. The zero-order valence-corrected chi connectivity index (χ0v) is 20.0. The maximum absolute atomic E-state index is 12.9. The minimum atomic E-state index is -0.436. The van der Waals surface area contributed by atoms with Crippen molar-refractivity contribution in [2.24, 2.45) is 0 Å². The molecule has 0 saturated heterocycles. The Morgan fingerprint density at radius 3 is 2.61 bits per heavy atom. The van der Waals surface area contributed by atoms with Gasteiger partial charge in [-0.25, -0.2) is 0 Å². The summed E-state index contributed by atoms with van der Waals surface area (Å²) in [5.74, 6) is -0.0687. The molecule has 2 N–H and O–H groups in total. The lowest BCUT2D eigenvalue weighted by Crippen LogP contribution is -2.14. The largest absolute Gasteiger partial charge is 0.360 e. The predicted molar refractivity (Wildman–Crippen MR) is 130 cm³/mol. The van der Waals surface area contributed by atoms with Crippen molar-refractivity contribution in [1.29, 1.82) is 0 Å². The van der Waals surface area contributed by atoms with Crippen LogP contribution in [0.4, 0.5) is 10.8 Å². The Hall–Kier alpha value is -3.21. The fourth-order valence-electron chi connectivity index (χ4n) is 2.98. The molecule has 2 amide bonds. The van der Waals surface area contributed by atoms with Crippen LogP contribution in [0.1, 0.15) is 21.7 Å². The third-order valence-corrected chi connectivity index (χ3v) is 6.89. The van der Waals surface area contributed by atoms with Crippen LogP contribution >= 0.6 is 34.7 Å². The van der Waals surface area contributed by atoms with Crippen LogP contribution in [0.5, 0.6) is 0 Å². The van der Waals surface area contributed by atoms with E-state index >= 15 is 0 Å². The van der Waals surface area contributed by atoms with Crippen LogP contribution < -0.4 is 10.6 Å². The van der Waals surface area contributed by atoms with Gasteiger partial charge in [0, 0.05) is 11.3 Å². The van der Waals surface area contributed by atoms with E-state index in [2.05, 4.69) is 26.0 Å². The molecule has 0 aliphatic rings. The molecule has 0 saturated carbocycles. The van der Waals surface area contributed by atoms with Crippen LogP contribution in [0, 0.1) is 13.8 Å². The molecule has 8 nitrogen and oxygen atoms in total. The van der Waals surface area contributed by atoms with Crippen LogP contribution in [0.25, 0.3) is 11.3 Å². The maximum Gasteiger partial charge on any atom is 0.263 e. The topological polar surface area (TPSA) is 110 Å². The number of halogens is 1. The normalized spacial score (nSPS) is 10.8. The molecule has 0 radical (unpaired) electrons. The molecule has 33 heavy (non-hydrogen) atoms. The molecular weight excluding hydrogens is 482 g/mol. The van der Waals surface area contributed by atoms with Gasteiger partial charge in [0.15, 0.2) is 4.34 Å². The van der Waals surface area contributed by atoms with Crippen molar-refractivity contribution in [3.8, 4) is 11.3 Å². The molecule has 0 spiro atoms. The minimum absolute atomic E-state index is 0.153. The summed E-state index contributed by atoms with van der Waals surface area (Å²) < 4.78 is 5.79. The van der Waals surface area contributed by atoms with E-state index in [0.29, 0.717) is 31.5 Å². The molecule has 168 valence electrons. The van der Waals surface area contributed by atoms with Crippen molar-refractivity contribution >= 4 is 57.3 Å². The van der Waals surface area contributed by atoms with Crippen molar-refractivity contribution in [2.75, 3.05) is 16.4 Å². The van der Waals surface area contributed by atoms with Gasteiger partial charge in [0.05, 0.1) is 10.8 Å². The van der Waals surface area contributed by atoms with Crippen molar-refractivity contribution in [3.05, 3.63) is 70.4 Å². The Bertz CT molecular complexity index is 1320. The summed E-state index contributed by atoms with van der Waals surface area (Å²) in [4.78, 5) is 25.2. The van der Waals surface area contributed by atoms with E-state index in [1.54, 1.807) is 31.2 Å². The monoisotopic (exact) mass is 499 g/mol. The van der Waals surface area contributed by atoms with Gasteiger partial charge in [-0.05, 0) is 31.5 Å². The highest BCUT2D eigenvalue weighted by Crippen LogP contribution is 2.32. The fraction of sp³-hybridized carbons (Fsp3) is 0.136. The first-order chi connectivity index (χ1) is 15.9. The third-order valence-electron chi connectivity index (χ3n) is 4.59. The van der Waals surface area contributed by atoms with E-state index in [1.807, 2.05) is 31.2 Å². The second-order valence-electron chi connectivity index (χ2n) is 6.92. The summed E-state index contributed by atoms with van der Waals surface area (Å²) >= 11 is 8.67. The Kier molecular flexibility index (Phi) is 7.07. The average molecular weight is 500 g/mol. The molecule has 0 unspecified atom stereocenters. The van der Waals surface area contributed by atoms with E-state index in [-0.39, 0.29) is 17.2 Å². The molecule has 2 aromatic heterocycles. The predicted octanol–water partition coefficient (Wildman–Crippen LogP) is 5.45. The second-order valence-corrected chi connectivity index (χ2v) is 9.53. The average Bonchev–Trinajstić information content (AvgIpc) is 3.40. The molecule has 11 heteroatoms. The number of nitrogens with zero attached hydrogens (tertiary/aromatic N) is 3. The van der Waals surface area contributed by atoms with Gasteiger partial charge in [0.25, 0.3) is 5.91 Å². The molecule has 0 aliphatic heterocycles. The molecule has 0 fully saturated rings. The molecule has 4 rings (SSSR count). The van der Waals surface area contributed by atoms with Gasteiger partial charge >= 0.3 is 0 Å². The standard InChI is InChI=1S/C22H18ClN5O3S2/c1-12-7-3-6-10-16(12)24-17(29)11-32-22-27-26-21(33-22)25-20(30)18-13(2)31-28-19(18)14-8-4-5-9-15(14)23/h3-10H,11H2,1-2H3,(H,24,29)(H,25,26,30). The van der Waals surface area contributed by atoms with E-state index in [0.717, 1.165) is 11.3 Å². The molecule has 4 aromatic rings. The Morgan fingerprint density at radius 1 is 1.06 bits per heavy atom. The second kappa shape index (κ2) is 10.2. The van der Waals surface area contributed by atoms with Crippen molar-refractivity contribution in [1.82, 2.24) is 15.4 Å². The molecule has 0 bridgehead atoms. The van der Waals surface area contributed by atoms with Crippen LogP contribution in [-0.2, 0) is 4.79 Å². The van der Waals surface area contributed by atoms with Gasteiger partial charge in [-0.3, -0.25) is 14.9 Å². The zero-order chi connectivity index (χ0) is 23.4. The number of thioether (sulfide) groups is 1. The van der Waals surface area contributed by atoms with Gasteiger partial charge in [0.1, 0.15) is 17.0 Å². The molecule has 2 heterocycles. The van der Waals surface area contributed by atoms with Crippen LogP contribution in [0.3, 0.4) is 0 Å². The number of amides is 2. The van der Waals surface area contributed by atoms with Crippen LogP contribution in [0.15, 0.2) is 57.4 Å². The highest BCUT2D eigenvalue weighted by molar-refractivity contribution is 8.01. The van der Waals surface area contributed by atoms with Crippen LogP contribution in [0.2, 0.25) is 5.02 Å². The number of rotatable bonds is 7. The lowest BCUT2D eigenvalue weighted by molar-refractivity contribution is -0.113. The molecule has 0 atom stereocenters. The number of benzene rings is 2. The van der Waals surface area contributed by atoms with Crippen molar-refractivity contribution in [3.63, 3.8) is 0 Å². The summed E-state index contributed by atoms with van der Waals surface area (Å²) in [7, 11) is 0. The van der Waals surface area contributed by atoms with Gasteiger partial charge in [0.2, 0.25) is 11.0 Å². The Labute approximate surface area is 202 Å². The third kappa shape index (κ3) is 5.41. The highest BCUT2D eigenvalue weighted by atomic mass is 35.5. The molecule has 0 aliphatic carbocycles. The number of carbonyl (C=O) groups excluding carboxylic acids is 2. The lowest BCUT2D eigenvalue weighted by atomic mass is 10.1. The van der Waals surface area contributed by atoms with E-state index in [1.165, 1.54) is 23.1 Å². The summed E-state index contributed by atoms with van der Waals surface area (Å²) in [6, 6.07) is 14.6.